The zero-order valence-electron chi connectivity index (χ0n) is 19.6. The SMILES string of the molecule is Cc1ccc(C)c(N2C(=O)c3ccc(C(=O)OC(C)C(=O)Nc4cc(Cl)ccc4C)cc3C2=O)c1. The van der Waals surface area contributed by atoms with Gasteiger partial charge in [0, 0.05) is 10.7 Å². The van der Waals surface area contributed by atoms with Gasteiger partial charge >= 0.3 is 5.97 Å². The predicted molar refractivity (Wildman–Crippen MR) is 133 cm³/mol. The average Bonchev–Trinajstić information content (AvgIpc) is 3.07. The number of nitrogens with one attached hydrogen (secondary N) is 1. The van der Waals surface area contributed by atoms with E-state index in [4.69, 9.17) is 16.3 Å². The third kappa shape index (κ3) is 4.68. The van der Waals surface area contributed by atoms with Gasteiger partial charge in [0.05, 0.1) is 22.4 Å². The maximum Gasteiger partial charge on any atom is 0.338 e. The number of aryl methyl sites for hydroxylation is 3. The zero-order valence-corrected chi connectivity index (χ0v) is 20.4. The van der Waals surface area contributed by atoms with Crippen molar-refractivity contribution in [2.24, 2.45) is 0 Å². The van der Waals surface area contributed by atoms with Crippen molar-refractivity contribution in [1.29, 1.82) is 0 Å². The van der Waals surface area contributed by atoms with Crippen LogP contribution in [0.3, 0.4) is 0 Å². The standard InChI is InChI=1S/C27H23ClN2O5/c1-14-5-6-16(3)23(11-14)30-25(32)20-10-8-18(12-21(20)26(30)33)27(34)35-17(4)24(31)29-22-13-19(28)9-7-15(22)2/h5-13,17H,1-4H3,(H,29,31). The van der Waals surface area contributed by atoms with Crippen molar-refractivity contribution >= 4 is 46.7 Å². The quantitative estimate of drug-likeness (QED) is 0.389. The summed E-state index contributed by atoms with van der Waals surface area (Å²) in [6, 6.07) is 14.7. The Balaban J connectivity index is 1.51. The first-order valence-electron chi connectivity index (χ1n) is 10.9. The highest BCUT2D eigenvalue weighted by atomic mass is 35.5. The van der Waals surface area contributed by atoms with E-state index < -0.39 is 29.8 Å². The summed E-state index contributed by atoms with van der Waals surface area (Å²) in [5.41, 5.74) is 3.88. The van der Waals surface area contributed by atoms with Crippen molar-refractivity contribution in [2.45, 2.75) is 33.8 Å². The maximum atomic E-state index is 13.1. The van der Waals surface area contributed by atoms with E-state index in [2.05, 4.69) is 5.32 Å². The molecule has 178 valence electrons. The van der Waals surface area contributed by atoms with Crippen LogP contribution in [0, 0.1) is 20.8 Å². The molecule has 1 aliphatic rings. The molecule has 0 saturated heterocycles. The van der Waals surface area contributed by atoms with Gasteiger partial charge in [0.25, 0.3) is 17.7 Å². The molecule has 1 heterocycles. The number of nitrogens with zero attached hydrogens (tertiary/aromatic N) is 1. The molecule has 1 atom stereocenters. The zero-order chi connectivity index (χ0) is 25.4. The van der Waals surface area contributed by atoms with Gasteiger partial charge < -0.3 is 10.1 Å². The van der Waals surface area contributed by atoms with E-state index in [-0.39, 0.29) is 16.7 Å². The summed E-state index contributed by atoms with van der Waals surface area (Å²) in [5.74, 6) is -2.29. The second kappa shape index (κ2) is 9.35. The molecule has 0 spiro atoms. The van der Waals surface area contributed by atoms with Crippen LogP contribution in [0.25, 0.3) is 0 Å². The molecule has 4 rings (SSSR count). The van der Waals surface area contributed by atoms with E-state index in [1.807, 2.05) is 32.9 Å². The summed E-state index contributed by atoms with van der Waals surface area (Å²) < 4.78 is 5.31. The summed E-state index contributed by atoms with van der Waals surface area (Å²) in [7, 11) is 0. The molecule has 3 aromatic carbocycles. The number of hydrogen-bond donors (Lipinski definition) is 1. The molecule has 7 nitrogen and oxygen atoms in total. The highest BCUT2D eigenvalue weighted by molar-refractivity contribution is 6.35. The van der Waals surface area contributed by atoms with E-state index in [0.717, 1.165) is 21.6 Å². The summed E-state index contributed by atoms with van der Waals surface area (Å²) in [4.78, 5) is 52.5. The summed E-state index contributed by atoms with van der Waals surface area (Å²) in [6.07, 6.45) is -1.11. The Labute approximate surface area is 207 Å². The lowest BCUT2D eigenvalue weighted by atomic mass is 10.1. The van der Waals surface area contributed by atoms with Gasteiger partial charge in [-0.05, 0) is 80.8 Å². The molecule has 0 radical (unpaired) electrons. The van der Waals surface area contributed by atoms with Crippen LogP contribution in [0.5, 0.6) is 0 Å². The fourth-order valence-corrected chi connectivity index (χ4v) is 3.96. The largest absolute Gasteiger partial charge is 0.449 e. The fourth-order valence-electron chi connectivity index (χ4n) is 3.79. The first-order chi connectivity index (χ1) is 16.6. The van der Waals surface area contributed by atoms with Crippen LogP contribution >= 0.6 is 11.6 Å². The average molecular weight is 491 g/mol. The number of ether oxygens (including phenoxy) is 1. The Morgan fingerprint density at radius 3 is 2.31 bits per heavy atom. The Morgan fingerprint density at radius 2 is 1.57 bits per heavy atom. The lowest BCUT2D eigenvalue weighted by Gasteiger charge is -2.17. The first-order valence-corrected chi connectivity index (χ1v) is 11.3. The number of carbonyl (C=O) groups excluding carboxylic acids is 4. The number of anilines is 2. The van der Waals surface area contributed by atoms with Crippen LogP contribution in [0.15, 0.2) is 54.6 Å². The van der Waals surface area contributed by atoms with Crippen molar-refractivity contribution in [3.8, 4) is 0 Å². The number of benzene rings is 3. The number of esters is 1. The highest BCUT2D eigenvalue weighted by Crippen LogP contribution is 2.32. The first kappa shape index (κ1) is 24.2. The number of imide groups is 1. The number of fused-ring (bicyclic) bond motifs is 1. The summed E-state index contributed by atoms with van der Waals surface area (Å²) in [5, 5.41) is 3.15. The van der Waals surface area contributed by atoms with Gasteiger partial charge in [-0.3, -0.25) is 14.4 Å². The van der Waals surface area contributed by atoms with Crippen LogP contribution < -0.4 is 10.2 Å². The molecule has 8 heteroatoms. The highest BCUT2D eigenvalue weighted by Gasteiger charge is 2.38. The number of carbonyl (C=O) groups is 4. The number of rotatable bonds is 5. The number of hydrogen-bond acceptors (Lipinski definition) is 5. The molecule has 1 aliphatic heterocycles. The van der Waals surface area contributed by atoms with Crippen LogP contribution in [0.2, 0.25) is 5.02 Å². The maximum absolute atomic E-state index is 13.1. The van der Waals surface area contributed by atoms with Gasteiger partial charge in [0.2, 0.25) is 0 Å². The lowest BCUT2D eigenvalue weighted by Crippen LogP contribution is -2.30. The van der Waals surface area contributed by atoms with Crippen LogP contribution in [0.1, 0.15) is 54.7 Å². The minimum atomic E-state index is -1.11. The molecular weight excluding hydrogens is 468 g/mol. The molecule has 3 aromatic rings. The van der Waals surface area contributed by atoms with Crippen LogP contribution in [-0.2, 0) is 9.53 Å². The predicted octanol–water partition coefficient (Wildman–Crippen LogP) is 5.25. The molecule has 0 aromatic heterocycles. The van der Waals surface area contributed by atoms with Gasteiger partial charge in [-0.25, -0.2) is 9.69 Å². The van der Waals surface area contributed by atoms with E-state index in [9.17, 15) is 19.2 Å². The second-order valence-corrected chi connectivity index (χ2v) is 8.93. The molecule has 0 fully saturated rings. The summed E-state index contributed by atoms with van der Waals surface area (Å²) in [6.45, 7) is 6.95. The smallest absolute Gasteiger partial charge is 0.338 e. The molecule has 0 aliphatic carbocycles. The minimum absolute atomic E-state index is 0.0614. The molecular formula is C27H23ClN2O5. The Kier molecular flexibility index (Phi) is 6.45. The van der Waals surface area contributed by atoms with Gasteiger partial charge in [0.1, 0.15) is 0 Å². The van der Waals surface area contributed by atoms with Crippen LogP contribution in [0.4, 0.5) is 11.4 Å². The van der Waals surface area contributed by atoms with Gasteiger partial charge in [-0.15, -0.1) is 0 Å². The topological polar surface area (TPSA) is 92.8 Å². The number of halogens is 1. The Morgan fingerprint density at radius 1 is 0.886 bits per heavy atom. The normalized spacial score (nSPS) is 13.5. The summed E-state index contributed by atoms with van der Waals surface area (Å²) >= 11 is 5.99. The van der Waals surface area contributed by atoms with Gasteiger partial charge in [0.15, 0.2) is 6.10 Å². The third-order valence-electron chi connectivity index (χ3n) is 5.84. The van der Waals surface area contributed by atoms with Gasteiger partial charge in [-0.1, -0.05) is 29.8 Å². The van der Waals surface area contributed by atoms with Gasteiger partial charge in [-0.2, -0.15) is 0 Å². The van der Waals surface area contributed by atoms with Crippen molar-refractivity contribution in [1.82, 2.24) is 0 Å². The van der Waals surface area contributed by atoms with E-state index in [1.165, 1.54) is 25.1 Å². The molecule has 3 amide bonds. The van der Waals surface area contributed by atoms with Crippen molar-refractivity contribution < 1.29 is 23.9 Å². The fraction of sp³-hybridized carbons (Fsp3) is 0.185. The second-order valence-electron chi connectivity index (χ2n) is 8.49. The van der Waals surface area contributed by atoms with Crippen molar-refractivity contribution in [3.63, 3.8) is 0 Å². The monoisotopic (exact) mass is 490 g/mol. The molecule has 1 N–H and O–H groups in total. The Hall–Kier alpha value is -3.97. The van der Waals surface area contributed by atoms with Crippen molar-refractivity contribution in [3.05, 3.63) is 93.0 Å². The molecule has 1 unspecified atom stereocenters. The van der Waals surface area contributed by atoms with E-state index in [0.29, 0.717) is 16.4 Å². The molecule has 0 saturated carbocycles. The number of amides is 3. The lowest BCUT2D eigenvalue weighted by molar-refractivity contribution is -0.123. The molecule has 35 heavy (non-hydrogen) atoms. The van der Waals surface area contributed by atoms with Crippen molar-refractivity contribution in [2.75, 3.05) is 10.2 Å². The Bertz CT molecular complexity index is 1400. The van der Waals surface area contributed by atoms with Crippen LogP contribution in [-0.4, -0.2) is 29.8 Å². The molecule has 0 bridgehead atoms. The van der Waals surface area contributed by atoms with E-state index in [1.54, 1.807) is 24.3 Å². The van der Waals surface area contributed by atoms with E-state index >= 15 is 0 Å². The minimum Gasteiger partial charge on any atom is -0.449 e. The third-order valence-corrected chi connectivity index (χ3v) is 6.07.